The molecule has 0 amide bonds. The van der Waals surface area contributed by atoms with Crippen LogP contribution in [0.5, 0.6) is 0 Å². The molecule has 9 heterocycles. The summed E-state index contributed by atoms with van der Waals surface area (Å²) in [5.74, 6) is 9.22. The molecule has 520 valence electrons. The van der Waals surface area contributed by atoms with E-state index < -0.39 is 0 Å². The van der Waals surface area contributed by atoms with Crippen molar-refractivity contribution in [3.8, 4) is 0 Å². The van der Waals surface area contributed by atoms with Gasteiger partial charge in [0.25, 0.3) is 0 Å². The molecule has 9 aromatic heterocycles. The smallest absolute Gasteiger partial charge is 0.219 e. The maximum Gasteiger partial charge on any atom is 0.219 e. The Morgan fingerprint density at radius 3 is 1.19 bits per heavy atom. The van der Waals surface area contributed by atoms with Crippen molar-refractivity contribution < 1.29 is 22.1 Å². The molecule has 0 saturated heterocycles. The largest absolute Gasteiger partial charge is 0.472 e. The van der Waals surface area contributed by atoms with Crippen molar-refractivity contribution >= 4 is 34.0 Å². The van der Waals surface area contributed by atoms with Crippen LogP contribution in [0.1, 0.15) is 345 Å². The van der Waals surface area contributed by atoms with Gasteiger partial charge in [-0.05, 0) is 87.2 Å². The highest BCUT2D eigenvalue weighted by molar-refractivity contribution is 7.10. The molecule has 0 unspecified atom stereocenters. The van der Waals surface area contributed by atoms with E-state index in [1.54, 1.807) is 67.1 Å². The summed E-state index contributed by atoms with van der Waals surface area (Å²) in [6.07, 6.45) is 15.4. The van der Waals surface area contributed by atoms with E-state index in [0.717, 1.165) is 23.2 Å². The zero-order valence-electron chi connectivity index (χ0n) is 64.1. The van der Waals surface area contributed by atoms with Gasteiger partial charge in [0.1, 0.15) is 24.1 Å². The van der Waals surface area contributed by atoms with Crippen LogP contribution in [-0.4, -0.2) is 34.7 Å². The minimum atomic E-state index is 0.339. The average molecular weight is 1310 g/mol. The number of rotatable bonds is 9. The molecule has 90 heavy (non-hydrogen) atoms. The summed E-state index contributed by atoms with van der Waals surface area (Å²) < 4.78 is 26.9. The molecule has 0 aliphatic rings. The van der Waals surface area contributed by atoms with Crippen molar-refractivity contribution in [2.24, 2.45) is 7.05 Å². The van der Waals surface area contributed by atoms with E-state index in [1.807, 2.05) is 198 Å². The summed E-state index contributed by atoms with van der Waals surface area (Å²) in [5.41, 5.74) is 6.81. The number of nitrogens with zero attached hydrogens (tertiary/aromatic N) is 7. The van der Waals surface area contributed by atoms with Crippen LogP contribution in [0.25, 0.3) is 0 Å². The van der Waals surface area contributed by atoms with Gasteiger partial charge < -0.3 is 26.7 Å². The number of hydrogen-bond donors (Lipinski definition) is 0. The summed E-state index contributed by atoms with van der Waals surface area (Å²) in [6, 6.07) is 12.3. The van der Waals surface area contributed by atoms with Crippen LogP contribution in [0.3, 0.4) is 0 Å². The molecule has 0 saturated carbocycles. The van der Waals surface area contributed by atoms with E-state index >= 15 is 0 Å². The number of imidazole rings is 1. The van der Waals surface area contributed by atoms with Crippen molar-refractivity contribution in [2.45, 2.75) is 296 Å². The van der Waals surface area contributed by atoms with E-state index in [0.29, 0.717) is 65.0 Å². The monoisotopic (exact) mass is 1310 g/mol. The summed E-state index contributed by atoms with van der Waals surface area (Å²) in [6.45, 7) is 72.0. The molecule has 12 nitrogen and oxygen atoms in total. The van der Waals surface area contributed by atoms with Gasteiger partial charge in [-0.25, -0.2) is 19.9 Å². The third-order valence-electron chi connectivity index (χ3n) is 10.1. The standard InChI is InChI=1S/C7H12N2.2C7H10O.2C7H10S.C6H10N2O.2C6H9NO.C6H9NS.8C2H6/c1-6(2)7-8-4-5-9(7)3;1-6(2)7-3-4-8-5-7;1-6(2)7-4-3-5-8-7;1-6(2)7-3-4-8-5-7;1-6(2)7-4-3-5-8-7;1-4(2)6-8-7-5(3)9-6;1-5(2)6-3-8-4-7-6;1-5(2)6-7-3-4-8-6;1-5(2)6-3-8-4-7-6;8*1-2/h4-6H,1-3H3;4*3-6H,1-2H3;4H,1-3H3;3*3-5H,1-2H3;8*1-2H3. The van der Waals surface area contributed by atoms with Crippen LogP contribution < -0.4 is 0 Å². The quantitative estimate of drug-likeness (QED) is 0.136. The zero-order valence-corrected chi connectivity index (χ0v) is 66.6. The second kappa shape index (κ2) is 72.4. The summed E-state index contributed by atoms with van der Waals surface area (Å²) in [5, 5.41) is 16.0. The number of hydrogen-bond acceptors (Lipinski definition) is 14. The number of furan rings is 2. The fourth-order valence-electron chi connectivity index (χ4n) is 5.46. The first-order valence-electron chi connectivity index (χ1n) is 33.6. The summed E-state index contributed by atoms with van der Waals surface area (Å²) in [4.78, 5) is 17.7. The second-order valence-electron chi connectivity index (χ2n) is 19.8. The highest BCUT2D eigenvalue weighted by Gasteiger charge is 2.06. The Bertz CT molecular complexity index is 2140. The van der Waals surface area contributed by atoms with Crippen molar-refractivity contribution in [2.75, 3.05) is 0 Å². The van der Waals surface area contributed by atoms with E-state index in [9.17, 15) is 0 Å². The van der Waals surface area contributed by atoms with Gasteiger partial charge in [0.15, 0.2) is 12.3 Å². The van der Waals surface area contributed by atoms with Crippen LogP contribution >= 0.6 is 34.0 Å². The maximum atomic E-state index is 5.12. The number of aromatic nitrogens is 7. The first kappa shape index (κ1) is 101. The molecular weight excluding hydrogens is 1180 g/mol. The topological polar surface area (TPSA) is 148 Å². The Kier molecular flexibility index (Phi) is 80.9. The molecule has 9 aromatic rings. The highest BCUT2D eigenvalue weighted by atomic mass is 32.1. The van der Waals surface area contributed by atoms with Crippen LogP contribution in [-0.2, 0) is 7.05 Å². The van der Waals surface area contributed by atoms with Gasteiger partial charge in [0, 0.05) is 60.3 Å². The molecule has 0 atom stereocenters. The number of thiazole rings is 1. The number of aryl methyl sites for hydroxylation is 2. The molecule has 0 aromatic carbocycles. The van der Waals surface area contributed by atoms with Gasteiger partial charge in [0.2, 0.25) is 11.8 Å². The van der Waals surface area contributed by atoms with E-state index in [-0.39, 0.29) is 0 Å². The predicted octanol–water partition coefficient (Wildman–Crippen LogP) is 27.7. The van der Waals surface area contributed by atoms with Gasteiger partial charge >= 0.3 is 0 Å². The Labute approximate surface area is 566 Å². The maximum absolute atomic E-state index is 5.12. The van der Waals surface area contributed by atoms with Gasteiger partial charge in [-0.2, -0.15) is 11.3 Å². The molecule has 9 rings (SSSR count). The number of thiophene rings is 2. The third-order valence-corrected chi connectivity index (χ3v) is 12.6. The highest BCUT2D eigenvalue weighted by Crippen LogP contribution is 2.20. The molecule has 0 radical (unpaired) electrons. The second-order valence-corrected chi connectivity index (χ2v) is 22.3. The van der Waals surface area contributed by atoms with Gasteiger partial charge in [0.05, 0.1) is 41.9 Å². The van der Waals surface area contributed by atoms with Gasteiger partial charge in [-0.1, -0.05) is 241 Å². The zero-order chi connectivity index (χ0) is 71.6. The van der Waals surface area contributed by atoms with E-state index in [4.69, 9.17) is 22.1 Å². The molecule has 0 spiro atoms. The lowest BCUT2D eigenvalue weighted by Crippen LogP contribution is -1.98. The third kappa shape index (κ3) is 56.4. The van der Waals surface area contributed by atoms with Crippen molar-refractivity contribution in [3.63, 3.8) is 0 Å². The Balaban J connectivity index is -0.000000136. The van der Waals surface area contributed by atoms with Gasteiger partial charge in [-0.3, -0.25) is 0 Å². The lowest BCUT2D eigenvalue weighted by atomic mass is 10.1. The SMILES string of the molecule is CC.CC.CC.CC.CC.CC.CC.CC.CC(C)c1ccco1.CC(C)c1cccs1.CC(C)c1ccoc1.CC(C)c1ccsc1.CC(C)c1cocn1.CC(C)c1cscn1.CC(C)c1nccn1C.CC(C)c1ncco1.Cc1nnc(C(C)C)o1. The molecule has 0 aliphatic carbocycles. The van der Waals surface area contributed by atoms with Crippen molar-refractivity contribution in [1.29, 1.82) is 0 Å². The van der Waals surface area contributed by atoms with Crippen LogP contribution in [0.15, 0.2) is 142 Å². The summed E-state index contributed by atoms with van der Waals surface area (Å²) in [7, 11) is 2.02. The minimum Gasteiger partial charge on any atom is -0.472 e. The predicted molar refractivity (Wildman–Crippen MR) is 401 cm³/mol. The van der Waals surface area contributed by atoms with E-state index in [1.165, 1.54) is 28.1 Å². The first-order valence-corrected chi connectivity index (χ1v) is 36.3. The molecule has 0 N–H and O–H groups in total. The lowest BCUT2D eigenvalue weighted by molar-refractivity contribution is 0.448. The Morgan fingerprint density at radius 1 is 0.422 bits per heavy atom. The average Bonchev–Trinajstić information content (AvgIpc) is 4.59. The first-order chi connectivity index (χ1) is 43.0. The normalized spacial score (nSPS) is 9.12. The van der Waals surface area contributed by atoms with Gasteiger partial charge in [-0.15, -0.1) is 32.9 Å². The minimum absolute atomic E-state index is 0.339. The Morgan fingerprint density at radius 2 is 0.989 bits per heavy atom. The number of oxazole rings is 2. The van der Waals surface area contributed by atoms with Crippen molar-refractivity contribution in [3.05, 3.63) is 176 Å². The molecular formula is C75H137N7O5S3. The molecule has 15 heteroatoms. The van der Waals surface area contributed by atoms with Crippen LogP contribution in [0, 0.1) is 6.92 Å². The fourth-order valence-corrected chi connectivity index (χ4v) is 7.74. The lowest BCUT2D eigenvalue weighted by Gasteiger charge is -2.02. The summed E-state index contributed by atoms with van der Waals surface area (Å²) >= 11 is 5.26. The van der Waals surface area contributed by atoms with E-state index in [2.05, 4.69) is 167 Å². The fraction of sp³-hybridized carbons (Fsp3) is 0.600. The molecule has 0 aliphatic heterocycles. The molecule has 0 bridgehead atoms. The van der Waals surface area contributed by atoms with Crippen LogP contribution in [0.2, 0.25) is 0 Å². The van der Waals surface area contributed by atoms with Crippen molar-refractivity contribution in [1.82, 2.24) is 34.7 Å². The Hall–Kier alpha value is -5.64. The van der Waals surface area contributed by atoms with Crippen LogP contribution in [0.4, 0.5) is 0 Å². The molecule has 0 fully saturated rings.